The van der Waals surface area contributed by atoms with Crippen LogP contribution in [0.15, 0.2) is 79.1 Å². The number of methoxy groups -OCH3 is 3. The van der Waals surface area contributed by atoms with Gasteiger partial charge in [-0.3, -0.25) is 4.79 Å². The van der Waals surface area contributed by atoms with E-state index in [-0.39, 0.29) is 5.91 Å². The van der Waals surface area contributed by atoms with E-state index < -0.39 is 0 Å². The summed E-state index contributed by atoms with van der Waals surface area (Å²) in [6.45, 7) is 0.309. The zero-order valence-corrected chi connectivity index (χ0v) is 19.6. The van der Waals surface area contributed by atoms with Crippen molar-refractivity contribution in [3.63, 3.8) is 0 Å². The maximum Gasteiger partial charge on any atom is 0.251 e. The van der Waals surface area contributed by atoms with Crippen molar-refractivity contribution in [3.05, 3.63) is 90.3 Å². The molecule has 0 aliphatic heterocycles. The zero-order valence-electron chi connectivity index (χ0n) is 19.6. The van der Waals surface area contributed by atoms with Crippen molar-refractivity contribution in [3.8, 4) is 40.1 Å². The Bertz CT molecular complexity index is 1310. The second-order valence-corrected chi connectivity index (χ2v) is 7.46. The number of aromatic nitrogens is 2. The molecular weight excluding hydrogens is 446 g/mol. The lowest BCUT2D eigenvalue weighted by Crippen LogP contribution is -2.23. The highest BCUT2D eigenvalue weighted by Gasteiger charge is 2.11. The molecule has 35 heavy (non-hydrogen) atoms. The van der Waals surface area contributed by atoms with Crippen molar-refractivity contribution >= 4 is 5.91 Å². The Labute approximate surface area is 203 Å². The Hall–Kier alpha value is -4.59. The second kappa shape index (κ2) is 11.0. The van der Waals surface area contributed by atoms with Crippen LogP contribution < -0.4 is 24.3 Å². The number of rotatable bonds is 9. The fraction of sp³-hybridized carbons (Fsp3) is 0.148. The predicted octanol–water partition coefficient (Wildman–Crippen LogP) is 4.89. The van der Waals surface area contributed by atoms with E-state index in [4.69, 9.17) is 18.9 Å². The molecule has 0 saturated carbocycles. The highest BCUT2D eigenvalue weighted by atomic mass is 16.5. The second-order valence-electron chi connectivity index (χ2n) is 7.46. The summed E-state index contributed by atoms with van der Waals surface area (Å²) in [5.74, 6) is 2.86. The summed E-state index contributed by atoms with van der Waals surface area (Å²) in [5.41, 5.74) is 2.75. The number of hydrogen-bond donors (Lipinski definition) is 1. The van der Waals surface area contributed by atoms with Gasteiger partial charge in [-0.15, -0.1) is 0 Å². The molecule has 8 nitrogen and oxygen atoms in total. The largest absolute Gasteiger partial charge is 0.497 e. The highest BCUT2D eigenvalue weighted by molar-refractivity contribution is 5.95. The summed E-state index contributed by atoms with van der Waals surface area (Å²) in [4.78, 5) is 21.4. The van der Waals surface area contributed by atoms with Gasteiger partial charge < -0.3 is 24.3 Å². The number of amides is 1. The van der Waals surface area contributed by atoms with Gasteiger partial charge in [0.05, 0.1) is 27.0 Å². The average molecular weight is 472 g/mol. The normalized spacial score (nSPS) is 10.4. The van der Waals surface area contributed by atoms with E-state index in [1.54, 1.807) is 69.9 Å². The summed E-state index contributed by atoms with van der Waals surface area (Å²) in [6, 6.07) is 21.6. The fourth-order valence-corrected chi connectivity index (χ4v) is 3.41. The maximum absolute atomic E-state index is 12.8. The molecule has 0 aliphatic rings. The first-order valence-corrected chi connectivity index (χ1v) is 10.8. The molecule has 0 fully saturated rings. The Balaban J connectivity index is 1.46. The average Bonchev–Trinajstić information content (AvgIpc) is 2.92. The van der Waals surface area contributed by atoms with E-state index in [0.29, 0.717) is 40.9 Å². The van der Waals surface area contributed by atoms with Crippen LogP contribution in [-0.4, -0.2) is 37.2 Å². The van der Waals surface area contributed by atoms with E-state index in [2.05, 4.69) is 15.3 Å². The molecule has 4 rings (SSSR count). The Morgan fingerprint density at radius 3 is 2.29 bits per heavy atom. The lowest BCUT2D eigenvalue weighted by Gasteiger charge is -2.12. The molecule has 178 valence electrons. The van der Waals surface area contributed by atoms with E-state index in [0.717, 1.165) is 16.9 Å². The molecule has 1 N–H and O–H groups in total. The van der Waals surface area contributed by atoms with Crippen LogP contribution >= 0.6 is 0 Å². The van der Waals surface area contributed by atoms with Crippen LogP contribution in [0.3, 0.4) is 0 Å². The zero-order chi connectivity index (χ0) is 24.6. The summed E-state index contributed by atoms with van der Waals surface area (Å²) < 4.78 is 21.6. The molecule has 1 amide bonds. The van der Waals surface area contributed by atoms with E-state index in [9.17, 15) is 4.79 Å². The number of nitrogens with zero attached hydrogens (tertiary/aromatic N) is 2. The topological polar surface area (TPSA) is 91.8 Å². The molecule has 4 aromatic rings. The SMILES string of the molecule is COc1ccc(Oc2cc(-c3cccc(C(=O)NCc4ccc(OC)cc4OC)c3)ncn2)cc1. The number of hydrogen-bond acceptors (Lipinski definition) is 7. The third kappa shape index (κ3) is 5.86. The van der Waals surface area contributed by atoms with Gasteiger partial charge in [-0.2, -0.15) is 0 Å². The van der Waals surface area contributed by atoms with Gasteiger partial charge in [0, 0.05) is 35.4 Å². The molecule has 1 heterocycles. The molecule has 0 saturated heterocycles. The predicted molar refractivity (Wildman–Crippen MR) is 131 cm³/mol. The molecule has 8 heteroatoms. The maximum atomic E-state index is 12.8. The summed E-state index contributed by atoms with van der Waals surface area (Å²) in [6.07, 6.45) is 1.43. The van der Waals surface area contributed by atoms with Crippen molar-refractivity contribution in [2.24, 2.45) is 0 Å². The Morgan fingerprint density at radius 1 is 0.800 bits per heavy atom. The van der Waals surface area contributed by atoms with Crippen LogP contribution in [0.2, 0.25) is 0 Å². The van der Waals surface area contributed by atoms with Crippen molar-refractivity contribution < 1.29 is 23.7 Å². The van der Waals surface area contributed by atoms with Crippen LogP contribution in [0.1, 0.15) is 15.9 Å². The molecule has 1 aromatic heterocycles. The molecule has 0 unspecified atom stereocenters. The summed E-state index contributed by atoms with van der Waals surface area (Å²) in [7, 11) is 4.78. The molecule has 0 atom stereocenters. The van der Waals surface area contributed by atoms with Crippen LogP contribution in [-0.2, 0) is 6.54 Å². The van der Waals surface area contributed by atoms with E-state index in [1.807, 2.05) is 24.3 Å². The number of nitrogens with one attached hydrogen (secondary N) is 1. The lowest BCUT2D eigenvalue weighted by molar-refractivity contribution is 0.0950. The fourth-order valence-electron chi connectivity index (χ4n) is 3.41. The quantitative estimate of drug-likeness (QED) is 0.372. The van der Waals surface area contributed by atoms with Gasteiger partial charge in [-0.25, -0.2) is 9.97 Å². The number of benzene rings is 3. The Kier molecular flexibility index (Phi) is 7.42. The first-order valence-electron chi connectivity index (χ1n) is 10.8. The smallest absolute Gasteiger partial charge is 0.251 e. The molecule has 3 aromatic carbocycles. The summed E-state index contributed by atoms with van der Waals surface area (Å²) >= 11 is 0. The third-order valence-electron chi connectivity index (χ3n) is 5.28. The van der Waals surface area contributed by atoms with Crippen molar-refractivity contribution in [2.75, 3.05) is 21.3 Å². The number of ether oxygens (including phenoxy) is 4. The minimum absolute atomic E-state index is 0.214. The highest BCUT2D eigenvalue weighted by Crippen LogP contribution is 2.27. The van der Waals surface area contributed by atoms with Crippen LogP contribution in [0.25, 0.3) is 11.3 Å². The van der Waals surface area contributed by atoms with Crippen molar-refractivity contribution in [2.45, 2.75) is 6.54 Å². The molecular formula is C27H25N3O5. The van der Waals surface area contributed by atoms with Gasteiger partial charge in [0.25, 0.3) is 5.91 Å². The standard InChI is InChI=1S/C27H25N3O5/c1-32-21-9-11-22(12-10-21)35-26-15-24(29-17-30-26)18-5-4-6-19(13-18)27(31)28-16-20-7-8-23(33-2)14-25(20)34-3/h4-15,17H,16H2,1-3H3,(H,28,31). The monoisotopic (exact) mass is 471 g/mol. The van der Waals surface area contributed by atoms with Crippen LogP contribution in [0.5, 0.6) is 28.9 Å². The first-order chi connectivity index (χ1) is 17.1. The molecule has 0 spiro atoms. The number of carbonyl (C=O) groups is 1. The van der Waals surface area contributed by atoms with Crippen molar-refractivity contribution in [1.29, 1.82) is 0 Å². The van der Waals surface area contributed by atoms with Gasteiger partial charge in [0.15, 0.2) is 0 Å². The van der Waals surface area contributed by atoms with Crippen LogP contribution in [0.4, 0.5) is 0 Å². The van der Waals surface area contributed by atoms with Crippen molar-refractivity contribution in [1.82, 2.24) is 15.3 Å². The minimum Gasteiger partial charge on any atom is -0.497 e. The third-order valence-corrected chi connectivity index (χ3v) is 5.28. The number of carbonyl (C=O) groups excluding carboxylic acids is 1. The van der Waals surface area contributed by atoms with E-state index >= 15 is 0 Å². The lowest BCUT2D eigenvalue weighted by atomic mass is 10.1. The Morgan fingerprint density at radius 2 is 1.54 bits per heavy atom. The van der Waals surface area contributed by atoms with Gasteiger partial charge in [-0.1, -0.05) is 12.1 Å². The van der Waals surface area contributed by atoms with Crippen LogP contribution in [0, 0.1) is 0 Å². The van der Waals surface area contributed by atoms with Gasteiger partial charge in [0.2, 0.25) is 5.88 Å². The first kappa shape index (κ1) is 23.6. The van der Waals surface area contributed by atoms with Gasteiger partial charge >= 0.3 is 0 Å². The molecule has 0 aliphatic carbocycles. The van der Waals surface area contributed by atoms with Gasteiger partial charge in [-0.05, 0) is 48.5 Å². The minimum atomic E-state index is -0.214. The molecule has 0 radical (unpaired) electrons. The summed E-state index contributed by atoms with van der Waals surface area (Å²) in [5, 5.41) is 2.93. The molecule has 0 bridgehead atoms. The van der Waals surface area contributed by atoms with Gasteiger partial charge in [0.1, 0.15) is 29.3 Å². The van der Waals surface area contributed by atoms with E-state index in [1.165, 1.54) is 6.33 Å².